The number of carbonyl (C=O) groups excluding carboxylic acids is 2. The largest absolute Gasteiger partial charge is 0.462 e. The van der Waals surface area contributed by atoms with Crippen LogP contribution < -0.4 is 9.62 Å². The Hall–Kier alpha value is -2.87. The van der Waals surface area contributed by atoms with Gasteiger partial charge in [-0.25, -0.2) is 13.2 Å². The molecule has 0 saturated heterocycles. The van der Waals surface area contributed by atoms with Gasteiger partial charge in [0.25, 0.3) is 0 Å². The molecule has 0 aliphatic rings. The minimum absolute atomic E-state index is 0.243. The second-order valence-electron chi connectivity index (χ2n) is 7.04. The zero-order valence-corrected chi connectivity index (χ0v) is 18.7. The van der Waals surface area contributed by atoms with Crippen molar-refractivity contribution in [1.29, 1.82) is 0 Å². The summed E-state index contributed by atoms with van der Waals surface area (Å²) < 4.78 is 31.3. The first kappa shape index (κ1) is 23.4. The van der Waals surface area contributed by atoms with Gasteiger partial charge in [0, 0.05) is 5.69 Å². The van der Waals surface area contributed by atoms with E-state index in [0.717, 1.165) is 21.7 Å². The van der Waals surface area contributed by atoms with Crippen LogP contribution in [0.25, 0.3) is 0 Å². The lowest BCUT2D eigenvalue weighted by Crippen LogP contribution is -2.47. The van der Waals surface area contributed by atoms with Gasteiger partial charge in [-0.05, 0) is 68.7 Å². The van der Waals surface area contributed by atoms with Crippen LogP contribution in [0.5, 0.6) is 0 Å². The Morgan fingerprint density at radius 3 is 2.33 bits per heavy atom. The summed E-state index contributed by atoms with van der Waals surface area (Å²) in [6.07, 6.45) is 1.35. The van der Waals surface area contributed by atoms with Gasteiger partial charge in [-0.1, -0.05) is 19.1 Å². The first-order valence-electron chi connectivity index (χ1n) is 9.73. The van der Waals surface area contributed by atoms with Gasteiger partial charge < -0.3 is 10.1 Å². The fourth-order valence-electron chi connectivity index (χ4n) is 3.09. The number of anilines is 2. The third-order valence-electron chi connectivity index (χ3n) is 4.72. The maximum atomic E-state index is 13.0. The molecule has 0 spiro atoms. The average molecular weight is 433 g/mol. The molecule has 7 nitrogen and oxygen atoms in total. The van der Waals surface area contributed by atoms with E-state index in [9.17, 15) is 18.0 Å². The lowest BCUT2D eigenvalue weighted by atomic mass is 10.1. The zero-order chi connectivity index (χ0) is 22.5. The molecule has 8 heteroatoms. The summed E-state index contributed by atoms with van der Waals surface area (Å²) in [6, 6.07) is 10.7. The number of nitrogens with zero attached hydrogens (tertiary/aromatic N) is 1. The predicted octanol–water partition coefficient (Wildman–Crippen LogP) is 3.66. The van der Waals surface area contributed by atoms with E-state index >= 15 is 0 Å². The van der Waals surface area contributed by atoms with Gasteiger partial charge in [-0.15, -0.1) is 0 Å². The normalized spacial score (nSPS) is 12.2. The Kier molecular flexibility index (Phi) is 7.61. The molecule has 2 aromatic carbocycles. The lowest BCUT2D eigenvalue weighted by molar-refractivity contribution is -0.117. The number of esters is 1. The molecule has 0 saturated carbocycles. The quantitative estimate of drug-likeness (QED) is 0.643. The molecule has 0 aliphatic carbocycles. The zero-order valence-electron chi connectivity index (χ0n) is 17.9. The van der Waals surface area contributed by atoms with Crippen LogP contribution in [-0.2, 0) is 19.6 Å². The van der Waals surface area contributed by atoms with Gasteiger partial charge in [0.1, 0.15) is 6.04 Å². The number of nitrogens with one attached hydrogen (secondary N) is 1. The monoisotopic (exact) mass is 432 g/mol. The van der Waals surface area contributed by atoms with E-state index in [-0.39, 0.29) is 13.0 Å². The SMILES string of the molecule is CCOC(=O)c1cccc(NC(=O)[C@H](CC)N(c2ccc(C)c(C)c2)S(C)(=O)=O)c1. The van der Waals surface area contributed by atoms with Gasteiger partial charge in [-0.2, -0.15) is 0 Å². The Bertz CT molecular complexity index is 1030. The summed E-state index contributed by atoms with van der Waals surface area (Å²) in [7, 11) is -3.73. The summed E-state index contributed by atoms with van der Waals surface area (Å²) in [6.45, 7) is 7.53. The van der Waals surface area contributed by atoms with Gasteiger partial charge in [0.05, 0.1) is 24.1 Å². The van der Waals surface area contributed by atoms with Crippen molar-refractivity contribution in [2.24, 2.45) is 0 Å². The van der Waals surface area contributed by atoms with E-state index in [1.807, 2.05) is 19.9 Å². The molecule has 30 heavy (non-hydrogen) atoms. The fourth-order valence-corrected chi connectivity index (χ4v) is 4.29. The number of rotatable bonds is 8. The van der Waals surface area contributed by atoms with Crippen LogP contribution in [0.3, 0.4) is 0 Å². The lowest BCUT2D eigenvalue weighted by Gasteiger charge is -2.30. The van der Waals surface area contributed by atoms with Crippen molar-refractivity contribution in [2.75, 3.05) is 22.5 Å². The number of sulfonamides is 1. The molecule has 2 rings (SSSR count). The molecule has 0 radical (unpaired) electrons. The van der Waals surface area contributed by atoms with Crippen LogP contribution in [0.1, 0.15) is 41.8 Å². The maximum Gasteiger partial charge on any atom is 0.338 e. The topological polar surface area (TPSA) is 92.8 Å². The first-order valence-corrected chi connectivity index (χ1v) is 11.6. The van der Waals surface area contributed by atoms with E-state index in [1.54, 1.807) is 44.2 Å². The Labute approximate surface area is 178 Å². The highest BCUT2D eigenvalue weighted by Gasteiger charge is 2.31. The van der Waals surface area contributed by atoms with Crippen LogP contribution in [0.4, 0.5) is 11.4 Å². The van der Waals surface area contributed by atoms with Crippen molar-refractivity contribution >= 4 is 33.3 Å². The van der Waals surface area contributed by atoms with E-state index < -0.39 is 27.9 Å². The van der Waals surface area contributed by atoms with Crippen molar-refractivity contribution in [3.05, 3.63) is 59.2 Å². The summed E-state index contributed by atoms with van der Waals surface area (Å²) >= 11 is 0. The van der Waals surface area contributed by atoms with Crippen LogP contribution in [0.2, 0.25) is 0 Å². The predicted molar refractivity (Wildman–Crippen MR) is 118 cm³/mol. The first-order chi connectivity index (χ1) is 14.1. The Balaban J connectivity index is 2.36. The Morgan fingerprint density at radius 1 is 1.07 bits per heavy atom. The summed E-state index contributed by atoms with van der Waals surface area (Å²) in [5, 5.41) is 2.73. The van der Waals surface area contributed by atoms with Crippen LogP contribution in [-0.4, -0.2) is 39.2 Å². The highest BCUT2D eigenvalue weighted by Crippen LogP contribution is 2.26. The number of benzene rings is 2. The number of hydrogen-bond donors (Lipinski definition) is 1. The third-order valence-corrected chi connectivity index (χ3v) is 5.90. The molecule has 1 amide bonds. The van der Waals surface area contributed by atoms with Crippen LogP contribution >= 0.6 is 0 Å². The smallest absolute Gasteiger partial charge is 0.338 e. The fraction of sp³-hybridized carbons (Fsp3) is 0.364. The summed E-state index contributed by atoms with van der Waals surface area (Å²) in [5.74, 6) is -0.976. The van der Waals surface area contributed by atoms with Gasteiger partial charge >= 0.3 is 5.97 Å². The van der Waals surface area contributed by atoms with Crippen LogP contribution in [0, 0.1) is 13.8 Å². The molecule has 0 unspecified atom stereocenters. The number of carbonyl (C=O) groups is 2. The van der Waals surface area contributed by atoms with Crippen molar-refractivity contribution < 1.29 is 22.7 Å². The minimum Gasteiger partial charge on any atom is -0.462 e. The minimum atomic E-state index is -3.73. The van der Waals surface area contributed by atoms with Crippen molar-refractivity contribution in [2.45, 2.75) is 40.2 Å². The Morgan fingerprint density at radius 2 is 1.77 bits per heavy atom. The number of aryl methyl sites for hydroxylation is 2. The molecule has 0 fully saturated rings. The van der Waals surface area contributed by atoms with E-state index in [2.05, 4.69) is 5.32 Å². The van der Waals surface area contributed by atoms with Gasteiger partial charge in [-0.3, -0.25) is 9.10 Å². The molecule has 0 bridgehead atoms. The van der Waals surface area contributed by atoms with Crippen molar-refractivity contribution in [3.8, 4) is 0 Å². The van der Waals surface area contributed by atoms with Crippen LogP contribution in [0.15, 0.2) is 42.5 Å². The average Bonchev–Trinajstić information content (AvgIpc) is 2.67. The highest BCUT2D eigenvalue weighted by atomic mass is 32.2. The molecule has 0 aliphatic heterocycles. The summed E-state index contributed by atoms with van der Waals surface area (Å²) in [4.78, 5) is 25.0. The molecule has 0 heterocycles. The number of amides is 1. The molecule has 2 aromatic rings. The van der Waals surface area contributed by atoms with E-state index in [0.29, 0.717) is 16.9 Å². The molecule has 1 atom stereocenters. The van der Waals surface area contributed by atoms with Crippen molar-refractivity contribution in [3.63, 3.8) is 0 Å². The van der Waals surface area contributed by atoms with Gasteiger partial charge in [0.2, 0.25) is 15.9 Å². The van der Waals surface area contributed by atoms with Gasteiger partial charge in [0.15, 0.2) is 0 Å². The molecular formula is C22H28N2O5S. The van der Waals surface area contributed by atoms with E-state index in [1.165, 1.54) is 6.07 Å². The van der Waals surface area contributed by atoms with E-state index in [4.69, 9.17) is 4.74 Å². The second-order valence-corrected chi connectivity index (χ2v) is 8.90. The highest BCUT2D eigenvalue weighted by molar-refractivity contribution is 7.92. The molecule has 1 N–H and O–H groups in total. The molecule has 0 aromatic heterocycles. The third kappa shape index (κ3) is 5.60. The molecular weight excluding hydrogens is 404 g/mol. The number of ether oxygens (including phenoxy) is 1. The van der Waals surface area contributed by atoms with Crippen molar-refractivity contribution in [1.82, 2.24) is 0 Å². The second kappa shape index (κ2) is 9.75. The maximum absolute atomic E-state index is 13.0. The standard InChI is InChI=1S/C22H28N2O5S/c1-6-20(24(30(5,27)28)19-12-11-15(3)16(4)13-19)21(25)23-18-10-8-9-17(14-18)22(26)29-7-2/h8-14,20H,6-7H2,1-5H3,(H,23,25)/t20-/m0/s1. The number of hydrogen-bond acceptors (Lipinski definition) is 5. The summed E-state index contributed by atoms with van der Waals surface area (Å²) in [5.41, 5.74) is 3.08. The molecule has 162 valence electrons.